The largest absolute Gasteiger partial charge is 0.497 e. The Morgan fingerprint density at radius 1 is 1.04 bits per heavy atom. The van der Waals surface area contributed by atoms with Crippen LogP contribution in [0, 0.1) is 0 Å². The minimum absolute atomic E-state index is 0. The van der Waals surface area contributed by atoms with Gasteiger partial charge in [0.15, 0.2) is 5.96 Å². The summed E-state index contributed by atoms with van der Waals surface area (Å²) >= 11 is 0. The van der Waals surface area contributed by atoms with Crippen LogP contribution in [0.5, 0.6) is 5.75 Å². The van der Waals surface area contributed by atoms with Crippen molar-refractivity contribution in [2.24, 2.45) is 4.99 Å². The van der Waals surface area contributed by atoms with Gasteiger partial charge in [-0.05, 0) is 29.7 Å². The van der Waals surface area contributed by atoms with Crippen LogP contribution in [-0.4, -0.2) is 38.6 Å². The van der Waals surface area contributed by atoms with Crippen LogP contribution in [0.1, 0.15) is 11.1 Å². The Kier molecular flexibility index (Phi) is 9.22. The Morgan fingerprint density at radius 3 is 2.42 bits per heavy atom. The number of ether oxygens (including phenoxy) is 1. The topological polar surface area (TPSA) is 36.9 Å². The average molecular weight is 439 g/mol. The maximum Gasteiger partial charge on any atom is 0.193 e. The van der Waals surface area contributed by atoms with Crippen molar-refractivity contribution in [3.05, 3.63) is 65.7 Å². The molecule has 0 saturated carbocycles. The molecule has 2 rings (SSSR count). The van der Waals surface area contributed by atoms with Crippen LogP contribution in [0.25, 0.3) is 0 Å². The van der Waals surface area contributed by atoms with Crippen molar-refractivity contribution in [3.63, 3.8) is 0 Å². The van der Waals surface area contributed by atoms with Gasteiger partial charge < -0.3 is 15.0 Å². The molecule has 0 aliphatic rings. The monoisotopic (exact) mass is 439 g/mol. The highest BCUT2D eigenvalue weighted by atomic mass is 127. The van der Waals surface area contributed by atoms with Crippen molar-refractivity contribution >= 4 is 29.9 Å². The third kappa shape index (κ3) is 6.78. The van der Waals surface area contributed by atoms with Gasteiger partial charge in [-0.2, -0.15) is 0 Å². The average Bonchev–Trinajstić information content (AvgIpc) is 2.58. The molecular weight excluding hydrogens is 413 g/mol. The molecule has 0 aliphatic heterocycles. The molecule has 24 heavy (non-hydrogen) atoms. The van der Waals surface area contributed by atoms with Gasteiger partial charge in [-0.15, -0.1) is 24.0 Å². The van der Waals surface area contributed by atoms with E-state index in [2.05, 4.69) is 34.6 Å². The molecule has 0 bridgehead atoms. The van der Waals surface area contributed by atoms with Gasteiger partial charge in [0, 0.05) is 20.6 Å². The molecule has 1 N–H and O–H groups in total. The quantitative estimate of drug-likeness (QED) is 0.425. The van der Waals surface area contributed by atoms with Crippen molar-refractivity contribution in [2.75, 3.05) is 27.7 Å². The van der Waals surface area contributed by atoms with Crippen LogP contribution in [-0.2, 0) is 13.0 Å². The van der Waals surface area contributed by atoms with Gasteiger partial charge in [-0.1, -0.05) is 42.5 Å². The van der Waals surface area contributed by atoms with Gasteiger partial charge in [-0.25, -0.2) is 4.99 Å². The second-order valence-corrected chi connectivity index (χ2v) is 5.55. The third-order valence-corrected chi connectivity index (χ3v) is 3.51. The van der Waals surface area contributed by atoms with Crippen LogP contribution in [0.3, 0.4) is 0 Å². The van der Waals surface area contributed by atoms with E-state index in [1.165, 1.54) is 11.1 Å². The number of aliphatic imine (C=N–C) groups is 1. The number of benzene rings is 2. The van der Waals surface area contributed by atoms with E-state index in [9.17, 15) is 0 Å². The van der Waals surface area contributed by atoms with Crippen molar-refractivity contribution in [1.82, 2.24) is 10.2 Å². The van der Waals surface area contributed by atoms with E-state index in [0.717, 1.165) is 24.7 Å². The molecule has 5 heteroatoms. The number of methoxy groups -OCH3 is 1. The lowest BCUT2D eigenvalue weighted by atomic mass is 10.1. The van der Waals surface area contributed by atoms with E-state index >= 15 is 0 Å². The molecule has 0 saturated heterocycles. The van der Waals surface area contributed by atoms with Crippen molar-refractivity contribution in [3.8, 4) is 5.75 Å². The SMILES string of the molecule is COc1cccc(CCNC(=NCc2ccccc2)N(C)C)c1.I. The minimum Gasteiger partial charge on any atom is -0.497 e. The number of halogens is 1. The first-order valence-corrected chi connectivity index (χ1v) is 7.81. The van der Waals surface area contributed by atoms with Gasteiger partial charge in [0.1, 0.15) is 5.75 Å². The molecule has 0 spiro atoms. The first-order chi connectivity index (χ1) is 11.2. The van der Waals surface area contributed by atoms with Gasteiger partial charge in [0.25, 0.3) is 0 Å². The maximum absolute atomic E-state index is 5.26. The highest BCUT2D eigenvalue weighted by molar-refractivity contribution is 14.0. The number of hydrogen-bond acceptors (Lipinski definition) is 2. The van der Waals surface area contributed by atoms with Crippen LogP contribution in [0.4, 0.5) is 0 Å². The predicted octanol–water partition coefficient (Wildman–Crippen LogP) is 3.56. The molecule has 0 aliphatic carbocycles. The molecule has 0 unspecified atom stereocenters. The lowest BCUT2D eigenvalue weighted by Gasteiger charge is -2.17. The second-order valence-electron chi connectivity index (χ2n) is 5.55. The molecule has 0 aromatic heterocycles. The fraction of sp³-hybridized carbons (Fsp3) is 0.316. The summed E-state index contributed by atoms with van der Waals surface area (Å²) in [6.45, 7) is 1.51. The van der Waals surface area contributed by atoms with E-state index in [1.807, 2.05) is 49.3 Å². The number of rotatable bonds is 6. The molecule has 4 nitrogen and oxygen atoms in total. The number of nitrogens with one attached hydrogen (secondary N) is 1. The molecule has 2 aromatic carbocycles. The van der Waals surface area contributed by atoms with Gasteiger partial charge in [0.2, 0.25) is 0 Å². The summed E-state index contributed by atoms with van der Waals surface area (Å²) < 4.78 is 5.26. The second kappa shape index (κ2) is 10.9. The van der Waals surface area contributed by atoms with Crippen LogP contribution >= 0.6 is 24.0 Å². The number of hydrogen-bond donors (Lipinski definition) is 1. The zero-order valence-electron chi connectivity index (χ0n) is 14.5. The number of nitrogens with zero attached hydrogens (tertiary/aromatic N) is 2. The summed E-state index contributed by atoms with van der Waals surface area (Å²) in [7, 11) is 5.70. The molecule has 0 fully saturated rings. The summed E-state index contributed by atoms with van der Waals surface area (Å²) in [5, 5.41) is 3.41. The third-order valence-electron chi connectivity index (χ3n) is 3.51. The van der Waals surface area contributed by atoms with Gasteiger partial charge >= 0.3 is 0 Å². The molecule has 0 atom stereocenters. The zero-order valence-corrected chi connectivity index (χ0v) is 16.9. The number of guanidine groups is 1. The first-order valence-electron chi connectivity index (χ1n) is 7.81. The predicted molar refractivity (Wildman–Crippen MR) is 111 cm³/mol. The highest BCUT2D eigenvalue weighted by Crippen LogP contribution is 2.12. The summed E-state index contributed by atoms with van der Waals surface area (Å²) in [4.78, 5) is 6.67. The highest BCUT2D eigenvalue weighted by Gasteiger charge is 2.02. The van der Waals surface area contributed by atoms with Crippen LogP contribution < -0.4 is 10.1 Å². The van der Waals surface area contributed by atoms with Crippen molar-refractivity contribution in [1.29, 1.82) is 0 Å². The van der Waals surface area contributed by atoms with Crippen molar-refractivity contribution < 1.29 is 4.74 Å². The standard InChI is InChI=1S/C19H25N3O.HI/c1-22(2)19(21-15-17-8-5-4-6-9-17)20-13-12-16-10-7-11-18(14-16)23-3;/h4-11,14H,12-13,15H2,1-3H3,(H,20,21);1H. The van der Waals surface area contributed by atoms with E-state index in [-0.39, 0.29) is 24.0 Å². The molecular formula is C19H26IN3O. The van der Waals surface area contributed by atoms with Crippen LogP contribution in [0.15, 0.2) is 59.6 Å². The summed E-state index contributed by atoms with van der Waals surface area (Å²) in [5.41, 5.74) is 2.46. The lowest BCUT2D eigenvalue weighted by molar-refractivity contribution is 0.414. The maximum atomic E-state index is 5.26. The molecule has 0 heterocycles. The Balaban J connectivity index is 0.00000288. The molecule has 0 radical (unpaired) electrons. The minimum atomic E-state index is 0. The Morgan fingerprint density at radius 2 is 1.75 bits per heavy atom. The van der Waals surface area contributed by atoms with Gasteiger partial charge in [-0.3, -0.25) is 0 Å². The van der Waals surface area contributed by atoms with E-state index < -0.39 is 0 Å². The fourth-order valence-corrected chi connectivity index (χ4v) is 2.25. The smallest absolute Gasteiger partial charge is 0.193 e. The van der Waals surface area contributed by atoms with Crippen LogP contribution in [0.2, 0.25) is 0 Å². The van der Waals surface area contributed by atoms with E-state index in [1.54, 1.807) is 7.11 Å². The summed E-state index contributed by atoms with van der Waals surface area (Å²) in [5.74, 6) is 1.80. The Labute approximate surface area is 162 Å². The molecule has 0 amide bonds. The first kappa shape index (κ1) is 20.3. The Bertz CT molecular complexity index is 630. The zero-order chi connectivity index (χ0) is 16.5. The molecule has 2 aromatic rings. The van der Waals surface area contributed by atoms with Gasteiger partial charge in [0.05, 0.1) is 13.7 Å². The van der Waals surface area contributed by atoms with E-state index in [0.29, 0.717) is 6.54 Å². The Hall–Kier alpha value is -1.76. The summed E-state index contributed by atoms with van der Waals surface area (Å²) in [6.07, 6.45) is 0.926. The van der Waals surface area contributed by atoms with Crippen molar-refractivity contribution in [2.45, 2.75) is 13.0 Å². The normalized spacial score (nSPS) is 10.7. The lowest BCUT2D eigenvalue weighted by Crippen LogP contribution is -2.37. The summed E-state index contributed by atoms with van der Waals surface area (Å²) in [6, 6.07) is 18.4. The fourth-order valence-electron chi connectivity index (χ4n) is 2.25. The van der Waals surface area contributed by atoms with E-state index in [4.69, 9.17) is 4.74 Å². The molecule has 130 valence electrons.